The second-order valence-corrected chi connectivity index (χ2v) is 7.05. The van der Waals surface area contributed by atoms with Crippen LogP contribution in [0.15, 0.2) is 47.3 Å². The molecule has 28 heavy (non-hydrogen) atoms. The third-order valence-electron chi connectivity index (χ3n) is 5.03. The lowest BCUT2D eigenvalue weighted by Crippen LogP contribution is -2.30. The molecule has 0 unspecified atom stereocenters. The zero-order valence-corrected chi connectivity index (χ0v) is 15.1. The first kappa shape index (κ1) is 17.6. The van der Waals surface area contributed by atoms with Crippen molar-refractivity contribution in [3.05, 3.63) is 47.9 Å². The number of alkyl halides is 1. The van der Waals surface area contributed by atoms with Crippen molar-refractivity contribution in [2.75, 3.05) is 6.61 Å². The summed E-state index contributed by atoms with van der Waals surface area (Å²) in [6, 6.07) is 8.68. The third kappa shape index (κ3) is 2.46. The van der Waals surface area contributed by atoms with Crippen molar-refractivity contribution in [2.45, 2.75) is 24.6 Å². The van der Waals surface area contributed by atoms with E-state index in [1.54, 1.807) is 34.9 Å². The molecule has 4 heterocycles. The van der Waals surface area contributed by atoms with Gasteiger partial charge in [-0.2, -0.15) is 0 Å². The number of benzene rings is 1. The SMILES string of the molecule is OC[C@H]1O[C@@H](n2c3ccc(Cl)cc3c3c(-c4ccco4)ncnc32)[C@@H](F)[C@@H]1O. The second-order valence-electron chi connectivity index (χ2n) is 6.61. The summed E-state index contributed by atoms with van der Waals surface area (Å²) in [5, 5.41) is 21.3. The lowest BCUT2D eigenvalue weighted by atomic mass is 10.1. The Morgan fingerprint density at radius 3 is 2.82 bits per heavy atom. The number of fused-ring (bicyclic) bond motifs is 3. The molecule has 0 aliphatic carbocycles. The number of hydrogen-bond donors (Lipinski definition) is 2. The Balaban J connectivity index is 1.84. The normalized spacial score (nSPS) is 25.1. The van der Waals surface area contributed by atoms with Crippen molar-refractivity contribution in [2.24, 2.45) is 0 Å². The van der Waals surface area contributed by atoms with Crippen LogP contribution in [0.4, 0.5) is 4.39 Å². The van der Waals surface area contributed by atoms with Gasteiger partial charge in [-0.3, -0.25) is 4.57 Å². The molecule has 3 aromatic heterocycles. The van der Waals surface area contributed by atoms with Crippen molar-refractivity contribution in [1.82, 2.24) is 14.5 Å². The Morgan fingerprint density at radius 2 is 2.11 bits per heavy atom. The highest BCUT2D eigenvalue weighted by molar-refractivity contribution is 6.32. The van der Waals surface area contributed by atoms with E-state index in [-0.39, 0.29) is 0 Å². The molecule has 9 heteroatoms. The smallest absolute Gasteiger partial charge is 0.173 e. The molecule has 1 fully saturated rings. The minimum Gasteiger partial charge on any atom is -0.463 e. The van der Waals surface area contributed by atoms with Crippen molar-refractivity contribution >= 4 is 33.5 Å². The number of hydrogen-bond acceptors (Lipinski definition) is 6. The number of halogens is 2. The highest BCUT2D eigenvalue weighted by Gasteiger charge is 2.46. The highest BCUT2D eigenvalue weighted by Crippen LogP contribution is 2.41. The summed E-state index contributed by atoms with van der Waals surface area (Å²) in [5.74, 6) is 0.531. The van der Waals surface area contributed by atoms with Gasteiger partial charge < -0.3 is 19.4 Å². The van der Waals surface area contributed by atoms with Gasteiger partial charge in [0.1, 0.15) is 29.9 Å². The number of aliphatic hydroxyl groups excluding tert-OH is 2. The van der Waals surface area contributed by atoms with Crippen LogP contribution in [0.1, 0.15) is 6.23 Å². The fourth-order valence-corrected chi connectivity index (χ4v) is 3.93. The van der Waals surface area contributed by atoms with Crippen molar-refractivity contribution < 1.29 is 23.8 Å². The first-order valence-electron chi connectivity index (χ1n) is 8.66. The molecule has 1 aliphatic rings. The molecule has 0 radical (unpaired) electrons. The number of ether oxygens (including phenoxy) is 1. The molecule has 0 amide bonds. The first-order chi connectivity index (χ1) is 13.6. The monoisotopic (exact) mass is 403 g/mol. The predicted octanol–water partition coefficient (Wildman–Crippen LogP) is 3.09. The molecule has 1 aromatic carbocycles. The van der Waals surface area contributed by atoms with Gasteiger partial charge in [-0.05, 0) is 30.3 Å². The van der Waals surface area contributed by atoms with Gasteiger partial charge in [0, 0.05) is 10.4 Å². The van der Waals surface area contributed by atoms with E-state index in [1.807, 2.05) is 0 Å². The van der Waals surface area contributed by atoms with Gasteiger partial charge in [-0.25, -0.2) is 14.4 Å². The molecule has 144 valence electrons. The van der Waals surface area contributed by atoms with Gasteiger partial charge in [-0.1, -0.05) is 11.6 Å². The molecule has 0 saturated carbocycles. The Kier molecular flexibility index (Phi) is 4.09. The quantitative estimate of drug-likeness (QED) is 0.546. The van der Waals surface area contributed by atoms with E-state index in [0.29, 0.717) is 38.4 Å². The van der Waals surface area contributed by atoms with Gasteiger partial charge >= 0.3 is 0 Å². The van der Waals surface area contributed by atoms with E-state index in [9.17, 15) is 14.6 Å². The molecule has 1 aliphatic heterocycles. The molecule has 1 saturated heterocycles. The van der Waals surface area contributed by atoms with E-state index in [1.165, 1.54) is 12.6 Å². The molecular weight excluding hydrogens is 389 g/mol. The number of nitrogens with zero attached hydrogens (tertiary/aromatic N) is 3. The summed E-state index contributed by atoms with van der Waals surface area (Å²) in [6.07, 6.45) is -2.47. The van der Waals surface area contributed by atoms with E-state index in [2.05, 4.69) is 9.97 Å². The summed E-state index contributed by atoms with van der Waals surface area (Å²) in [5.41, 5.74) is 1.57. The van der Waals surface area contributed by atoms with Crippen molar-refractivity contribution in [3.63, 3.8) is 0 Å². The van der Waals surface area contributed by atoms with Gasteiger partial charge in [0.2, 0.25) is 0 Å². The number of aromatic nitrogens is 3. The average Bonchev–Trinajstić information content (AvgIpc) is 3.40. The second kappa shape index (κ2) is 6.52. The number of furan rings is 1. The standard InChI is InChI=1S/C19H15ClFN3O4/c20-9-3-4-11-10(6-9)14-16(12-2-1-5-27-12)22-8-23-18(14)24(11)19-15(21)17(26)13(7-25)28-19/h1-6,8,13,15,17,19,25-26H,7H2/t13-,15+,17-,19-/m1/s1. The summed E-state index contributed by atoms with van der Waals surface area (Å²) < 4.78 is 27.6. The number of aliphatic hydroxyl groups is 2. The summed E-state index contributed by atoms with van der Waals surface area (Å²) in [4.78, 5) is 8.70. The molecule has 4 atom stereocenters. The maximum Gasteiger partial charge on any atom is 0.173 e. The fraction of sp³-hybridized carbons (Fsp3) is 0.263. The summed E-state index contributed by atoms with van der Waals surface area (Å²) in [6.45, 7) is -0.492. The summed E-state index contributed by atoms with van der Waals surface area (Å²) >= 11 is 6.21. The van der Waals surface area contributed by atoms with E-state index >= 15 is 0 Å². The van der Waals surface area contributed by atoms with E-state index in [4.69, 9.17) is 20.8 Å². The van der Waals surface area contributed by atoms with Crippen molar-refractivity contribution in [1.29, 1.82) is 0 Å². The molecule has 0 bridgehead atoms. The van der Waals surface area contributed by atoms with E-state index < -0.39 is 31.2 Å². The van der Waals surface area contributed by atoms with Crippen LogP contribution < -0.4 is 0 Å². The maximum atomic E-state index is 14.9. The predicted molar refractivity (Wildman–Crippen MR) is 99.6 cm³/mol. The van der Waals surface area contributed by atoms with Crippen LogP contribution in [-0.2, 0) is 4.74 Å². The first-order valence-corrected chi connectivity index (χ1v) is 9.04. The van der Waals surface area contributed by atoms with Crippen LogP contribution in [0, 0.1) is 0 Å². The average molecular weight is 404 g/mol. The maximum absolute atomic E-state index is 14.9. The minimum absolute atomic E-state index is 0.414. The van der Waals surface area contributed by atoms with Gasteiger partial charge in [0.25, 0.3) is 0 Å². The Hall–Kier alpha value is -2.52. The van der Waals surface area contributed by atoms with Gasteiger partial charge in [0.05, 0.1) is 23.8 Å². The van der Waals surface area contributed by atoms with Crippen LogP contribution in [0.3, 0.4) is 0 Å². The van der Waals surface area contributed by atoms with Crippen LogP contribution in [0.5, 0.6) is 0 Å². The Morgan fingerprint density at radius 1 is 1.25 bits per heavy atom. The van der Waals surface area contributed by atoms with Crippen LogP contribution in [-0.4, -0.2) is 49.7 Å². The van der Waals surface area contributed by atoms with Crippen LogP contribution in [0.25, 0.3) is 33.4 Å². The molecule has 2 N–H and O–H groups in total. The van der Waals surface area contributed by atoms with Crippen molar-refractivity contribution in [3.8, 4) is 11.5 Å². The van der Waals surface area contributed by atoms with Gasteiger partial charge in [-0.15, -0.1) is 0 Å². The lowest BCUT2D eigenvalue weighted by Gasteiger charge is -2.17. The van der Waals surface area contributed by atoms with Crippen LogP contribution >= 0.6 is 11.6 Å². The summed E-state index contributed by atoms with van der Waals surface area (Å²) in [7, 11) is 0. The Bertz CT molecular complexity index is 1160. The Labute approximate surface area is 162 Å². The molecular formula is C19H15ClFN3O4. The van der Waals surface area contributed by atoms with Gasteiger partial charge in [0.15, 0.2) is 18.2 Å². The molecule has 7 nitrogen and oxygen atoms in total. The van der Waals surface area contributed by atoms with E-state index in [0.717, 1.165) is 0 Å². The molecule has 4 aromatic rings. The zero-order valence-electron chi connectivity index (χ0n) is 14.4. The highest BCUT2D eigenvalue weighted by atomic mass is 35.5. The number of rotatable bonds is 3. The zero-order chi connectivity index (χ0) is 19.4. The third-order valence-corrected chi connectivity index (χ3v) is 5.26. The lowest BCUT2D eigenvalue weighted by molar-refractivity contribution is -0.0442. The van der Waals surface area contributed by atoms with Crippen LogP contribution in [0.2, 0.25) is 5.02 Å². The largest absolute Gasteiger partial charge is 0.463 e. The molecule has 0 spiro atoms. The molecule has 5 rings (SSSR count). The fourth-order valence-electron chi connectivity index (χ4n) is 3.76. The topological polar surface area (TPSA) is 93.5 Å². The minimum atomic E-state index is -1.74.